The molecular weight excluding hydrogens is 294 g/mol. The summed E-state index contributed by atoms with van der Waals surface area (Å²) in [6, 6.07) is 3.85. The van der Waals surface area contributed by atoms with Crippen LogP contribution >= 0.6 is 11.3 Å². The predicted molar refractivity (Wildman–Crippen MR) is 83.6 cm³/mol. The Kier molecular flexibility index (Phi) is 5.98. The summed E-state index contributed by atoms with van der Waals surface area (Å²) in [5.74, 6) is 0.175. The molecule has 0 aromatic carbocycles. The highest BCUT2D eigenvalue weighted by Crippen LogP contribution is 2.22. The van der Waals surface area contributed by atoms with E-state index in [-0.39, 0.29) is 11.8 Å². The second-order valence-electron chi connectivity index (χ2n) is 5.00. The van der Waals surface area contributed by atoms with Crippen LogP contribution in [-0.4, -0.2) is 51.8 Å². The minimum Gasteiger partial charge on any atom is -0.314 e. The molecule has 1 unspecified atom stereocenters. The fourth-order valence-electron chi connectivity index (χ4n) is 2.29. The third-order valence-corrected chi connectivity index (χ3v) is 5.85. The monoisotopic (exact) mass is 317 g/mol. The molecule has 1 aliphatic rings. The van der Waals surface area contributed by atoms with Gasteiger partial charge in [0.05, 0.1) is 11.8 Å². The Morgan fingerprint density at radius 1 is 1.45 bits per heavy atom. The predicted octanol–water partition coefficient (Wildman–Crippen LogP) is 1.02. The molecule has 1 atom stereocenters. The van der Waals surface area contributed by atoms with Crippen LogP contribution in [0, 0.1) is 0 Å². The molecule has 1 saturated heterocycles. The third kappa shape index (κ3) is 4.82. The van der Waals surface area contributed by atoms with Gasteiger partial charge in [-0.25, -0.2) is 13.1 Å². The average Bonchev–Trinajstić information content (AvgIpc) is 2.98. The number of sulfonamides is 1. The average molecular weight is 317 g/mol. The van der Waals surface area contributed by atoms with E-state index in [0.717, 1.165) is 37.5 Å². The zero-order valence-electron chi connectivity index (χ0n) is 11.8. The highest BCUT2D eigenvalue weighted by atomic mass is 32.2. The first-order valence-electron chi connectivity index (χ1n) is 7.07. The molecule has 0 radical (unpaired) electrons. The van der Waals surface area contributed by atoms with Crippen LogP contribution in [-0.2, 0) is 10.0 Å². The van der Waals surface area contributed by atoms with E-state index in [2.05, 4.69) is 14.9 Å². The summed E-state index contributed by atoms with van der Waals surface area (Å²) in [4.78, 5) is 3.28. The van der Waals surface area contributed by atoms with Crippen molar-refractivity contribution in [2.75, 3.05) is 38.5 Å². The van der Waals surface area contributed by atoms with E-state index in [1.165, 1.54) is 0 Å². The fraction of sp³-hybridized carbons (Fsp3) is 0.692. The molecular formula is C13H23N3O2S2. The van der Waals surface area contributed by atoms with Crippen molar-refractivity contribution in [1.29, 1.82) is 0 Å². The van der Waals surface area contributed by atoms with Crippen LogP contribution in [0.2, 0.25) is 0 Å². The van der Waals surface area contributed by atoms with Crippen molar-refractivity contribution in [3.05, 3.63) is 22.4 Å². The van der Waals surface area contributed by atoms with Gasteiger partial charge in [-0.3, -0.25) is 4.90 Å². The molecule has 5 nitrogen and oxygen atoms in total. The summed E-state index contributed by atoms with van der Waals surface area (Å²) in [6.45, 7) is 6.36. The molecule has 0 aliphatic carbocycles. The lowest BCUT2D eigenvalue weighted by Crippen LogP contribution is -2.46. The molecule has 1 fully saturated rings. The van der Waals surface area contributed by atoms with Gasteiger partial charge in [0.25, 0.3) is 0 Å². The molecule has 0 bridgehead atoms. The number of hydrogen-bond donors (Lipinski definition) is 2. The van der Waals surface area contributed by atoms with Crippen molar-refractivity contribution in [1.82, 2.24) is 14.9 Å². The summed E-state index contributed by atoms with van der Waals surface area (Å²) in [5.41, 5.74) is 0. The van der Waals surface area contributed by atoms with Crippen LogP contribution in [0.1, 0.15) is 24.3 Å². The first kappa shape index (κ1) is 15.9. The highest BCUT2D eigenvalue weighted by Gasteiger charge is 2.20. The van der Waals surface area contributed by atoms with Gasteiger partial charge in [0.1, 0.15) is 0 Å². The number of hydrogen-bond acceptors (Lipinski definition) is 5. The van der Waals surface area contributed by atoms with Gasteiger partial charge in [0.15, 0.2) is 0 Å². The Labute approximate surface area is 125 Å². The topological polar surface area (TPSA) is 61.4 Å². The first-order chi connectivity index (χ1) is 9.61. The number of rotatable bonds is 7. The summed E-state index contributed by atoms with van der Waals surface area (Å²) < 4.78 is 27.2. The van der Waals surface area contributed by atoms with Gasteiger partial charge in [0.2, 0.25) is 10.0 Å². The third-order valence-electron chi connectivity index (χ3n) is 3.50. The molecule has 20 heavy (non-hydrogen) atoms. The Morgan fingerprint density at radius 3 is 2.80 bits per heavy atom. The molecule has 7 heteroatoms. The van der Waals surface area contributed by atoms with E-state index in [9.17, 15) is 8.42 Å². The molecule has 0 amide bonds. The number of piperazine rings is 1. The first-order valence-corrected chi connectivity index (χ1v) is 9.60. The van der Waals surface area contributed by atoms with Gasteiger partial charge in [-0.15, -0.1) is 11.3 Å². The van der Waals surface area contributed by atoms with Crippen molar-refractivity contribution < 1.29 is 8.42 Å². The Balaban J connectivity index is 1.86. The second-order valence-corrected chi connectivity index (χ2v) is 7.86. The maximum absolute atomic E-state index is 12.2. The lowest BCUT2D eigenvalue weighted by atomic mass is 10.2. The van der Waals surface area contributed by atoms with Crippen LogP contribution in [0.25, 0.3) is 0 Å². The Hall–Kier alpha value is -0.470. The molecule has 114 valence electrons. The lowest BCUT2D eigenvalue weighted by molar-refractivity contribution is 0.253. The number of thiophene rings is 1. The van der Waals surface area contributed by atoms with E-state index in [1.54, 1.807) is 11.3 Å². The van der Waals surface area contributed by atoms with Gasteiger partial charge in [-0.2, -0.15) is 0 Å². The molecule has 1 aromatic heterocycles. The van der Waals surface area contributed by atoms with E-state index in [0.29, 0.717) is 6.54 Å². The van der Waals surface area contributed by atoms with Gasteiger partial charge < -0.3 is 5.32 Å². The highest BCUT2D eigenvalue weighted by molar-refractivity contribution is 7.89. The van der Waals surface area contributed by atoms with Crippen molar-refractivity contribution in [3.8, 4) is 0 Å². The molecule has 1 aliphatic heterocycles. The van der Waals surface area contributed by atoms with Crippen molar-refractivity contribution in [2.24, 2.45) is 0 Å². The second kappa shape index (κ2) is 7.51. The van der Waals surface area contributed by atoms with Crippen LogP contribution in [0.15, 0.2) is 17.5 Å². The minimum absolute atomic E-state index is 0.0944. The minimum atomic E-state index is -3.22. The van der Waals surface area contributed by atoms with Gasteiger partial charge in [-0.05, 0) is 17.9 Å². The molecule has 1 aromatic rings. The maximum atomic E-state index is 12.2. The maximum Gasteiger partial charge on any atom is 0.213 e. The normalized spacial score (nSPS) is 19.1. The number of nitrogens with zero attached hydrogens (tertiary/aromatic N) is 1. The molecule has 2 rings (SSSR count). The zero-order valence-corrected chi connectivity index (χ0v) is 13.5. The standard InChI is InChI=1S/C13H23N3O2S2/c1-2-12(13-4-3-10-19-13)15-20(17,18)11-9-16-7-5-14-6-8-16/h3-4,10,12,14-15H,2,5-9,11H2,1H3. The van der Waals surface area contributed by atoms with Crippen LogP contribution in [0.4, 0.5) is 0 Å². The summed E-state index contributed by atoms with van der Waals surface area (Å²) in [6.07, 6.45) is 0.771. The quantitative estimate of drug-likeness (QED) is 0.788. The Morgan fingerprint density at radius 2 is 2.20 bits per heavy atom. The SMILES string of the molecule is CCC(NS(=O)(=O)CCN1CCNCC1)c1cccs1. The summed E-state index contributed by atoms with van der Waals surface area (Å²) >= 11 is 1.60. The van der Waals surface area contributed by atoms with E-state index in [4.69, 9.17) is 0 Å². The smallest absolute Gasteiger partial charge is 0.213 e. The molecule has 2 N–H and O–H groups in total. The van der Waals surface area contributed by atoms with Crippen LogP contribution in [0.3, 0.4) is 0 Å². The van der Waals surface area contributed by atoms with Crippen molar-refractivity contribution in [2.45, 2.75) is 19.4 Å². The van der Waals surface area contributed by atoms with Crippen LogP contribution < -0.4 is 10.0 Å². The summed E-state index contributed by atoms with van der Waals surface area (Å²) in [7, 11) is -3.22. The molecule has 0 spiro atoms. The molecule has 2 heterocycles. The largest absolute Gasteiger partial charge is 0.314 e. The van der Waals surface area contributed by atoms with Gasteiger partial charge >= 0.3 is 0 Å². The van der Waals surface area contributed by atoms with E-state index >= 15 is 0 Å². The van der Waals surface area contributed by atoms with Gasteiger partial charge in [0, 0.05) is 37.6 Å². The van der Waals surface area contributed by atoms with Crippen molar-refractivity contribution >= 4 is 21.4 Å². The number of nitrogens with one attached hydrogen (secondary N) is 2. The summed E-state index contributed by atoms with van der Waals surface area (Å²) in [5, 5.41) is 5.25. The zero-order chi connectivity index (χ0) is 14.4. The van der Waals surface area contributed by atoms with E-state index in [1.807, 2.05) is 24.4 Å². The van der Waals surface area contributed by atoms with Crippen molar-refractivity contribution in [3.63, 3.8) is 0 Å². The lowest BCUT2D eigenvalue weighted by Gasteiger charge is -2.27. The van der Waals surface area contributed by atoms with E-state index < -0.39 is 10.0 Å². The fourth-order valence-corrected chi connectivity index (χ4v) is 4.57. The van der Waals surface area contributed by atoms with Crippen LogP contribution in [0.5, 0.6) is 0 Å². The Bertz CT molecular complexity index is 482. The van der Waals surface area contributed by atoms with Gasteiger partial charge in [-0.1, -0.05) is 13.0 Å². The molecule has 0 saturated carbocycles.